The van der Waals surface area contributed by atoms with Crippen LogP contribution < -0.4 is 10.2 Å². The van der Waals surface area contributed by atoms with Crippen LogP contribution in [-0.2, 0) is 0 Å². The molecular formula is C30H20O10. The molecule has 0 bridgehead atoms. The van der Waals surface area contributed by atoms with Crippen molar-refractivity contribution < 1.29 is 44.6 Å². The predicted octanol–water partition coefficient (Wildman–Crippen LogP) is 5.07. The van der Waals surface area contributed by atoms with Gasteiger partial charge in [0.2, 0.25) is 0 Å². The Kier molecular flexibility index (Phi) is 5.54. The fraction of sp³-hybridized carbons (Fsp3) is 0.0667. The van der Waals surface area contributed by atoms with E-state index in [4.69, 9.17) is 9.15 Å². The van der Waals surface area contributed by atoms with E-state index >= 15 is 0 Å². The van der Waals surface area contributed by atoms with E-state index in [9.17, 15) is 40.2 Å². The summed E-state index contributed by atoms with van der Waals surface area (Å²) in [6.07, 6.45) is -0.920. The van der Waals surface area contributed by atoms with E-state index in [1.165, 1.54) is 36.4 Å². The van der Waals surface area contributed by atoms with E-state index in [1.807, 2.05) is 0 Å². The molecule has 1 aromatic heterocycles. The Morgan fingerprint density at radius 3 is 1.98 bits per heavy atom. The van der Waals surface area contributed by atoms with Gasteiger partial charge in [0.15, 0.2) is 16.8 Å². The second kappa shape index (κ2) is 8.98. The van der Waals surface area contributed by atoms with Crippen molar-refractivity contribution in [2.45, 2.75) is 12.5 Å². The molecule has 10 heteroatoms. The number of hydrogen-bond donors (Lipinski definition) is 6. The highest BCUT2D eigenvalue weighted by Gasteiger charge is 2.35. The average Bonchev–Trinajstić information content (AvgIpc) is 2.90. The van der Waals surface area contributed by atoms with Gasteiger partial charge in [0.1, 0.15) is 63.1 Å². The summed E-state index contributed by atoms with van der Waals surface area (Å²) in [5.74, 6) is -3.17. The number of carbonyl (C=O) groups is 1. The van der Waals surface area contributed by atoms with Crippen molar-refractivity contribution in [2.75, 3.05) is 0 Å². The van der Waals surface area contributed by atoms with Crippen LogP contribution in [0.4, 0.5) is 0 Å². The summed E-state index contributed by atoms with van der Waals surface area (Å²) in [5.41, 5.74) is -1.07. The normalized spacial score (nSPS) is 14.6. The third-order valence-electron chi connectivity index (χ3n) is 6.79. The SMILES string of the molecule is O=C1C[C@@H](c2ccc(O)cc2)Oc2cc(O)c(-c3c(O)cc(O)c4c(=O)cc(-c5ccc(O)cc5)oc34)c(O)c21. The zero-order chi connectivity index (χ0) is 28.3. The predicted molar refractivity (Wildman–Crippen MR) is 142 cm³/mol. The Balaban J connectivity index is 1.56. The van der Waals surface area contributed by atoms with E-state index in [0.717, 1.165) is 18.2 Å². The number of carbonyl (C=O) groups excluding carboxylic acids is 1. The van der Waals surface area contributed by atoms with E-state index in [0.29, 0.717) is 11.1 Å². The van der Waals surface area contributed by atoms with Crippen LogP contribution in [0.25, 0.3) is 33.4 Å². The topological polar surface area (TPSA) is 178 Å². The van der Waals surface area contributed by atoms with Crippen LogP contribution in [0.1, 0.15) is 28.4 Å². The van der Waals surface area contributed by atoms with Crippen LogP contribution in [0.2, 0.25) is 0 Å². The minimum Gasteiger partial charge on any atom is -0.508 e. The van der Waals surface area contributed by atoms with Gasteiger partial charge in [0.05, 0.1) is 17.5 Å². The van der Waals surface area contributed by atoms with Crippen molar-refractivity contribution in [3.05, 3.63) is 88.1 Å². The Bertz CT molecular complexity index is 1890. The van der Waals surface area contributed by atoms with Crippen LogP contribution >= 0.6 is 0 Å². The average molecular weight is 540 g/mol. The Morgan fingerprint density at radius 2 is 1.30 bits per heavy atom. The molecule has 0 saturated carbocycles. The second-order valence-electron chi connectivity index (χ2n) is 9.33. The lowest BCUT2D eigenvalue weighted by atomic mass is 9.90. The number of ketones is 1. The van der Waals surface area contributed by atoms with E-state index in [2.05, 4.69) is 0 Å². The lowest BCUT2D eigenvalue weighted by molar-refractivity contribution is 0.0845. The smallest absolute Gasteiger partial charge is 0.197 e. The molecule has 1 aliphatic heterocycles. The first-order chi connectivity index (χ1) is 19.1. The number of Topliss-reactive ketones (excluding diaryl/α,β-unsaturated/α-hetero) is 1. The van der Waals surface area contributed by atoms with Crippen LogP contribution in [0.15, 0.2) is 75.9 Å². The van der Waals surface area contributed by atoms with E-state index in [-0.39, 0.29) is 51.5 Å². The van der Waals surface area contributed by atoms with Crippen molar-refractivity contribution in [1.29, 1.82) is 0 Å². The Morgan fingerprint density at radius 1 is 0.675 bits per heavy atom. The van der Waals surface area contributed by atoms with Gasteiger partial charge in [-0.2, -0.15) is 0 Å². The highest BCUT2D eigenvalue weighted by molar-refractivity contribution is 6.09. The summed E-state index contributed by atoms with van der Waals surface area (Å²) in [5, 5.41) is 62.4. The van der Waals surface area contributed by atoms with Crippen LogP contribution in [0.5, 0.6) is 40.2 Å². The minimum absolute atomic E-state index is 0.0110. The molecule has 0 unspecified atom stereocenters. The molecular weight excluding hydrogens is 520 g/mol. The molecule has 0 radical (unpaired) electrons. The summed E-state index contributed by atoms with van der Waals surface area (Å²) >= 11 is 0. The highest BCUT2D eigenvalue weighted by atomic mass is 16.5. The molecule has 1 atom stereocenters. The first kappa shape index (κ1) is 24.7. The Hall–Kier alpha value is -5.64. The summed E-state index contributed by atoms with van der Waals surface area (Å²) in [6, 6.07) is 14.8. The lowest BCUT2D eigenvalue weighted by Crippen LogP contribution is -2.20. The van der Waals surface area contributed by atoms with Gasteiger partial charge in [0.25, 0.3) is 0 Å². The fourth-order valence-corrected chi connectivity index (χ4v) is 4.89. The van der Waals surface area contributed by atoms with Crippen LogP contribution in [0.3, 0.4) is 0 Å². The van der Waals surface area contributed by atoms with Gasteiger partial charge in [0, 0.05) is 23.8 Å². The third-order valence-corrected chi connectivity index (χ3v) is 6.79. The van der Waals surface area contributed by atoms with Gasteiger partial charge in [-0.25, -0.2) is 0 Å². The van der Waals surface area contributed by atoms with Crippen LogP contribution in [0, 0.1) is 0 Å². The molecule has 5 aromatic rings. The molecule has 6 N–H and O–H groups in total. The summed E-state index contributed by atoms with van der Waals surface area (Å²) in [6.45, 7) is 0. The molecule has 0 aliphatic carbocycles. The van der Waals surface area contributed by atoms with Gasteiger partial charge >= 0.3 is 0 Å². The van der Waals surface area contributed by atoms with E-state index < -0.39 is 45.9 Å². The molecule has 0 spiro atoms. The van der Waals surface area contributed by atoms with Crippen molar-refractivity contribution in [3.63, 3.8) is 0 Å². The molecule has 4 aromatic carbocycles. The van der Waals surface area contributed by atoms with Gasteiger partial charge < -0.3 is 39.8 Å². The molecule has 2 heterocycles. The number of ether oxygens (including phenoxy) is 1. The summed E-state index contributed by atoms with van der Waals surface area (Å²) in [7, 11) is 0. The quantitative estimate of drug-likeness (QED) is 0.181. The van der Waals surface area contributed by atoms with E-state index in [1.54, 1.807) is 12.1 Å². The first-order valence-electron chi connectivity index (χ1n) is 12.0. The molecule has 1 aliphatic rings. The number of fused-ring (bicyclic) bond motifs is 2. The molecule has 40 heavy (non-hydrogen) atoms. The first-order valence-corrected chi connectivity index (χ1v) is 12.0. The lowest BCUT2D eigenvalue weighted by Gasteiger charge is -2.27. The van der Waals surface area contributed by atoms with Crippen molar-refractivity contribution >= 4 is 16.8 Å². The molecule has 0 saturated heterocycles. The maximum Gasteiger partial charge on any atom is 0.197 e. The van der Waals surface area contributed by atoms with Gasteiger partial charge in [-0.3, -0.25) is 9.59 Å². The molecule has 0 amide bonds. The maximum absolute atomic E-state index is 13.2. The number of aromatic hydroxyl groups is 6. The molecule has 200 valence electrons. The molecule has 10 nitrogen and oxygen atoms in total. The van der Waals surface area contributed by atoms with Gasteiger partial charge in [-0.1, -0.05) is 12.1 Å². The summed E-state index contributed by atoms with van der Waals surface area (Å²) < 4.78 is 11.8. The van der Waals surface area contributed by atoms with Crippen molar-refractivity contribution in [3.8, 4) is 62.7 Å². The summed E-state index contributed by atoms with van der Waals surface area (Å²) in [4.78, 5) is 26.2. The standard InChI is InChI=1S/C30H20O10/c31-15-5-1-13(2-6-15)22-11-20(36)26-24(39-22)12-21(37)27(29(26)38)28-18(34)9-17(33)25-19(35)10-23(40-30(25)28)14-3-7-16(32)8-4-14/h1-10,12,22,31-34,37-38H,11H2/t22-/m0/s1. The van der Waals surface area contributed by atoms with Crippen molar-refractivity contribution in [1.82, 2.24) is 0 Å². The fourth-order valence-electron chi connectivity index (χ4n) is 4.89. The number of benzene rings is 4. The largest absolute Gasteiger partial charge is 0.508 e. The zero-order valence-corrected chi connectivity index (χ0v) is 20.5. The Labute approximate surface area is 224 Å². The second-order valence-corrected chi connectivity index (χ2v) is 9.33. The van der Waals surface area contributed by atoms with Crippen LogP contribution in [-0.4, -0.2) is 36.4 Å². The minimum atomic E-state index is -0.751. The number of phenolic OH excluding ortho intramolecular Hbond substituents is 6. The molecule has 6 rings (SSSR count). The van der Waals surface area contributed by atoms with Gasteiger partial charge in [-0.05, 0) is 42.0 Å². The zero-order valence-electron chi connectivity index (χ0n) is 20.5. The molecule has 0 fully saturated rings. The monoisotopic (exact) mass is 540 g/mol. The highest BCUT2D eigenvalue weighted by Crippen LogP contribution is 2.53. The third kappa shape index (κ3) is 3.90. The number of hydrogen-bond acceptors (Lipinski definition) is 10. The van der Waals surface area contributed by atoms with Crippen molar-refractivity contribution in [2.24, 2.45) is 0 Å². The maximum atomic E-state index is 13.2. The number of phenols is 6. The number of rotatable bonds is 3. The van der Waals surface area contributed by atoms with Gasteiger partial charge in [-0.15, -0.1) is 0 Å².